The number of hydrogen-bond acceptors (Lipinski definition) is 8. The van der Waals surface area contributed by atoms with Crippen LogP contribution in [0.4, 0.5) is 9.18 Å². The second-order valence-electron chi connectivity index (χ2n) is 10.9. The summed E-state index contributed by atoms with van der Waals surface area (Å²) in [4.78, 5) is 37.4. The van der Waals surface area contributed by atoms with E-state index in [1.165, 1.54) is 29.5 Å². The molecule has 2 aromatic rings. The number of nitrogens with zero attached hydrogens (tertiary/aromatic N) is 3. The number of thiazole rings is 1. The quantitative estimate of drug-likeness (QED) is 0.498. The van der Waals surface area contributed by atoms with Crippen LogP contribution in [0.15, 0.2) is 46.0 Å². The number of carbonyl (C=O) groups is 2. The topological polar surface area (TPSA) is 93.1 Å². The van der Waals surface area contributed by atoms with E-state index in [1.807, 2.05) is 10.3 Å². The highest BCUT2D eigenvalue weighted by atomic mass is 35.5. The number of ether oxygens (including phenoxy) is 2. The van der Waals surface area contributed by atoms with Crippen molar-refractivity contribution >= 4 is 40.8 Å². The van der Waals surface area contributed by atoms with E-state index in [1.54, 1.807) is 47.7 Å². The number of halogens is 2. The number of amidine groups is 1. The lowest BCUT2D eigenvalue weighted by molar-refractivity contribution is -0.150. The molecule has 1 aromatic heterocycles. The molecule has 2 aliphatic rings. The molecule has 2 atom stereocenters. The van der Waals surface area contributed by atoms with Crippen LogP contribution < -0.4 is 5.32 Å². The zero-order valence-corrected chi connectivity index (χ0v) is 23.2. The fourth-order valence-electron chi connectivity index (χ4n) is 4.21. The van der Waals surface area contributed by atoms with Gasteiger partial charge in [-0.05, 0) is 53.7 Å². The van der Waals surface area contributed by atoms with Gasteiger partial charge in [-0.2, -0.15) is 0 Å². The van der Waals surface area contributed by atoms with Crippen molar-refractivity contribution in [1.29, 1.82) is 0 Å². The largest absolute Gasteiger partial charge is 0.456 e. The Balaban J connectivity index is 1.82. The minimum Gasteiger partial charge on any atom is -0.456 e. The Labute approximate surface area is 224 Å². The number of hydrogen-bond donors (Lipinski definition) is 1. The van der Waals surface area contributed by atoms with E-state index in [0.29, 0.717) is 35.1 Å². The third kappa shape index (κ3) is 6.30. The molecule has 0 aliphatic carbocycles. The highest BCUT2D eigenvalue weighted by Crippen LogP contribution is 2.43. The Morgan fingerprint density at radius 3 is 2.46 bits per heavy atom. The van der Waals surface area contributed by atoms with Crippen LogP contribution >= 0.6 is 22.9 Å². The van der Waals surface area contributed by atoms with Gasteiger partial charge in [0, 0.05) is 40.8 Å². The third-order valence-corrected chi connectivity index (χ3v) is 6.58. The molecule has 37 heavy (non-hydrogen) atoms. The number of amides is 1. The number of aliphatic imine (C=N–C) groups is 1. The van der Waals surface area contributed by atoms with Crippen molar-refractivity contribution in [2.45, 2.75) is 71.2 Å². The van der Waals surface area contributed by atoms with Crippen molar-refractivity contribution in [2.75, 3.05) is 6.54 Å². The molecule has 8 nitrogen and oxygen atoms in total. The van der Waals surface area contributed by atoms with Crippen LogP contribution in [-0.2, 0) is 14.3 Å². The van der Waals surface area contributed by atoms with E-state index in [9.17, 15) is 14.0 Å². The normalized spacial score (nSPS) is 19.9. The zero-order valence-electron chi connectivity index (χ0n) is 21.6. The van der Waals surface area contributed by atoms with Gasteiger partial charge in [0.2, 0.25) is 0 Å². The molecule has 0 saturated carbocycles. The summed E-state index contributed by atoms with van der Waals surface area (Å²) in [6.07, 6.45) is 1.44. The lowest BCUT2D eigenvalue weighted by atomic mass is 9.94. The minimum atomic E-state index is -0.853. The van der Waals surface area contributed by atoms with Gasteiger partial charge in [0.15, 0.2) is 10.8 Å². The number of aromatic nitrogens is 1. The van der Waals surface area contributed by atoms with E-state index in [4.69, 9.17) is 26.1 Å². The van der Waals surface area contributed by atoms with Crippen LogP contribution in [0.1, 0.15) is 64.6 Å². The average molecular weight is 549 g/mol. The first kappa shape index (κ1) is 27.1. The fraction of sp³-hybridized carbons (Fsp3) is 0.462. The molecule has 0 spiro atoms. The standard InChI is InChI=1S/C26H30ClFN4O4S/c1-25(2,3)35-23(33)19-18-12-15(30-24(34)36-26(4,5)6)13-32(18)21(22-29-9-10-37-22)31-20(19)16-8-7-14(28)11-17(16)27/h7-11,15,20H,12-13H2,1-6H3,(H,30,34)/t15-,20?/m0/s1. The summed E-state index contributed by atoms with van der Waals surface area (Å²) in [6, 6.07) is 2.78. The van der Waals surface area contributed by atoms with E-state index in [2.05, 4.69) is 10.3 Å². The SMILES string of the molecule is CC(C)(C)OC(=O)N[C@H]1CC2=C(C(=O)OC(C)(C)C)C(c3ccc(F)cc3Cl)N=C(c3nccs3)N2C1. The number of rotatable bonds is 4. The monoisotopic (exact) mass is 548 g/mol. The molecule has 1 amide bonds. The van der Waals surface area contributed by atoms with Crippen LogP contribution in [0.5, 0.6) is 0 Å². The van der Waals surface area contributed by atoms with Crippen LogP contribution in [0.3, 0.4) is 0 Å². The maximum atomic E-state index is 13.9. The lowest BCUT2D eigenvalue weighted by Crippen LogP contribution is -2.42. The first-order valence-corrected chi connectivity index (χ1v) is 13.1. The van der Waals surface area contributed by atoms with Gasteiger partial charge < -0.3 is 19.7 Å². The number of alkyl carbamates (subject to hydrolysis) is 1. The fourth-order valence-corrected chi connectivity index (χ4v) is 5.12. The summed E-state index contributed by atoms with van der Waals surface area (Å²) < 4.78 is 25.1. The van der Waals surface area contributed by atoms with Crippen molar-refractivity contribution < 1.29 is 23.5 Å². The van der Waals surface area contributed by atoms with Gasteiger partial charge in [-0.1, -0.05) is 17.7 Å². The molecule has 4 rings (SSSR count). The molecule has 11 heteroatoms. The predicted octanol–water partition coefficient (Wildman–Crippen LogP) is 5.63. The summed E-state index contributed by atoms with van der Waals surface area (Å²) in [5.74, 6) is -0.516. The Kier molecular flexibility index (Phi) is 7.36. The molecule has 1 saturated heterocycles. The molecule has 0 radical (unpaired) electrons. The van der Waals surface area contributed by atoms with E-state index < -0.39 is 35.1 Å². The Bertz CT molecular complexity index is 1260. The maximum absolute atomic E-state index is 13.9. The second-order valence-corrected chi connectivity index (χ2v) is 12.2. The maximum Gasteiger partial charge on any atom is 0.407 e. The van der Waals surface area contributed by atoms with E-state index in [-0.39, 0.29) is 16.6 Å². The number of benzene rings is 1. The van der Waals surface area contributed by atoms with Gasteiger partial charge in [0.1, 0.15) is 23.1 Å². The minimum absolute atomic E-state index is 0.142. The average Bonchev–Trinajstić information content (AvgIpc) is 3.39. The first-order chi connectivity index (χ1) is 17.2. The highest BCUT2D eigenvalue weighted by Gasteiger charge is 2.43. The van der Waals surface area contributed by atoms with Crippen molar-refractivity contribution in [2.24, 2.45) is 4.99 Å². The molecule has 2 aliphatic heterocycles. The molecule has 1 fully saturated rings. The van der Waals surface area contributed by atoms with Crippen molar-refractivity contribution in [3.8, 4) is 0 Å². The van der Waals surface area contributed by atoms with E-state index >= 15 is 0 Å². The number of carbonyl (C=O) groups excluding carboxylic acids is 2. The second kappa shape index (κ2) is 10.1. The van der Waals surface area contributed by atoms with Gasteiger partial charge in [0.05, 0.1) is 11.6 Å². The Morgan fingerprint density at radius 2 is 1.86 bits per heavy atom. The van der Waals surface area contributed by atoms with E-state index in [0.717, 1.165) is 0 Å². The Morgan fingerprint density at radius 1 is 1.16 bits per heavy atom. The summed E-state index contributed by atoms with van der Waals surface area (Å²) >= 11 is 7.85. The third-order valence-electron chi connectivity index (χ3n) is 5.48. The van der Waals surface area contributed by atoms with Crippen molar-refractivity contribution in [3.63, 3.8) is 0 Å². The molecule has 3 heterocycles. The van der Waals surface area contributed by atoms with Gasteiger partial charge >= 0.3 is 12.1 Å². The summed E-state index contributed by atoms with van der Waals surface area (Å²) in [5, 5.41) is 5.52. The molecule has 1 aromatic carbocycles. The van der Waals surface area contributed by atoms with Gasteiger partial charge in [-0.3, -0.25) is 4.99 Å². The lowest BCUT2D eigenvalue weighted by Gasteiger charge is -2.33. The molecule has 1 unspecified atom stereocenters. The summed E-state index contributed by atoms with van der Waals surface area (Å²) in [5.41, 5.74) is -0.0281. The summed E-state index contributed by atoms with van der Waals surface area (Å²) in [7, 11) is 0. The number of esters is 1. The van der Waals surface area contributed by atoms with Gasteiger partial charge in [-0.15, -0.1) is 11.3 Å². The van der Waals surface area contributed by atoms with Gasteiger partial charge in [-0.25, -0.2) is 19.0 Å². The first-order valence-electron chi connectivity index (χ1n) is 11.9. The molecule has 198 valence electrons. The molecule has 1 N–H and O–H groups in total. The van der Waals surface area contributed by atoms with Gasteiger partial charge in [0.25, 0.3) is 0 Å². The molecule has 0 bridgehead atoms. The van der Waals surface area contributed by atoms with Crippen LogP contribution in [0, 0.1) is 5.82 Å². The predicted molar refractivity (Wildman–Crippen MR) is 140 cm³/mol. The van der Waals surface area contributed by atoms with Crippen LogP contribution in [0.25, 0.3) is 0 Å². The number of fused-ring (bicyclic) bond motifs is 1. The highest BCUT2D eigenvalue weighted by molar-refractivity contribution is 7.11. The van der Waals surface area contributed by atoms with Crippen molar-refractivity contribution in [1.82, 2.24) is 15.2 Å². The zero-order chi connectivity index (χ0) is 27.1. The molecular formula is C26H30ClFN4O4S. The molecular weight excluding hydrogens is 519 g/mol. The smallest absolute Gasteiger partial charge is 0.407 e. The van der Waals surface area contributed by atoms with Crippen molar-refractivity contribution in [3.05, 3.63) is 62.5 Å². The van der Waals surface area contributed by atoms with Crippen LogP contribution in [-0.4, -0.2) is 51.6 Å². The van der Waals surface area contributed by atoms with Crippen LogP contribution in [0.2, 0.25) is 5.02 Å². The summed E-state index contributed by atoms with van der Waals surface area (Å²) in [6.45, 7) is 11.1. The Hall–Kier alpha value is -2.98. The number of nitrogens with one attached hydrogen (secondary N) is 1.